The zero-order valence-electron chi connectivity index (χ0n) is 9.71. The molecule has 2 rings (SSSR count). The number of aromatic nitrogens is 1. The highest BCUT2D eigenvalue weighted by atomic mass is 35.5. The van der Waals surface area contributed by atoms with Gasteiger partial charge in [0.25, 0.3) is 0 Å². The quantitative estimate of drug-likeness (QED) is 0.880. The summed E-state index contributed by atoms with van der Waals surface area (Å²) < 4.78 is 26.8. The molecule has 0 amide bonds. The number of aliphatic hydroxyl groups excluding tert-OH is 1. The number of sulfonamides is 1. The van der Waals surface area contributed by atoms with Crippen LogP contribution in [0.2, 0.25) is 5.02 Å². The molecule has 1 saturated carbocycles. The van der Waals surface area contributed by atoms with Gasteiger partial charge in [0.05, 0.1) is 11.1 Å². The van der Waals surface area contributed by atoms with Gasteiger partial charge in [0.2, 0.25) is 10.0 Å². The average molecular weight is 291 g/mol. The van der Waals surface area contributed by atoms with Gasteiger partial charge < -0.3 is 5.11 Å². The summed E-state index contributed by atoms with van der Waals surface area (Å²) in [5.74, 6) is 0. The van der Waals surface area contributed by atoms with Crippen molar-refractivity contribution in [2.45, 2.75) is 42.7 Å². The van der Waals surface area contributed by atoms with Crippen molar-refractivity contribution >= 4 is 21.6 Å². The molecule has 1 aromatic rings. The number of rotatable bonds is 3. The predicted octanol–water partition coefficient (Wildman–Crippen LogP) is 1.32. The highest BCUT2D eigenvalue weighted by Crippen LogP contribution is 2.23. The summed E-state index contributed by atoms with van der Waals surface area (Å²) in [5.41, 5.74) is 0. The third-order valence-corrected chi connectivity index (χ3v) is 5.03. The summed E-state index contributed by atoms with van der Waals surface area (Å²) in [6, 6.07) is 1.30. The molecular formula is C11H15ClN2O3S. The van der Waals surface area contributed by atoms with Crippen LogP contribution in [-0.4, -0.2) is 30.7 Å². The van der Waals surface area contributed by atoms with Crippen LogP contribution in [0.3, 0.4) is 0 Å². The van der Waals surface area contributed by atoms with Crippen molar-refractivity contribution in [1.82, 2.24) is 9.71 Å². The van der Waals surface area contributed by atoms with E-state index in [0.29, 0.717) is 25.7 Å². The molecule has 0 spiro atoms. The topological polar surface area (TPSA) is 79.3 Å². The van der Waals surface area contributed by atoms with Crippen LogP contribution >= 0.6 is 11.6 Å². The highest BCUT2D eigenvalue weighted by Gasteiger charge is 2.26. The summed E-state index contributed by atoms with van der Waals surface area (Å²) >= 11 is 5.85. The van der Waals surface area contributed by atoms with Crippen LogP contribution in [0.15, 0.2) is 23.4 Å². The normalized spacial score (nSPS) is 25.0. The Hall–Kier alpha value is -0.690. The Kier molecular flexibility index (Phi) is 4.21. The molecule has 0 bridgehead atoms. The molecule has 7 heteroatoms. The number of hydrogen-bond donors (Lipinski definition) is 2. The molecule has 5 nitrogen and oxygen atoms in total. The van der Waals surface area contributed by atoms with Gasteiger partial charge in [-0.15, -0.1) is 0 Å². The molecule has 1 heterocycles. The van der Waals surface area contributed by atoms with E-state index >= 15 is 0 Å². The first kappa shape index (κ1) is 13.7. The van der Waals surface area contributed by atoms with Crippen LogP contribution in [-0.2, 0) is 10.0 Å². The second-order valence-electron chi connectivity index (χ2n) is 4.43. The molecule has 100 valence electrons. The number of nitrogens with zero attached hydrogens (tertiary/aromatic N) is 1. The largest absolute Gasteiger partial charge is 0.393 e. The van der Waals surface area contributed by atoms with Gasteiger partial charge in [-0.3, -0.25) is 4.98 Å². The number of halogens is 1. The second kappa shape index (κ2) is 5.52. The van der Waals surface area contributed by atoms with E-state index in [1.54, 1.807) is 0 Å². The summed E-state index contributed by atoms with van der Waals surface area (Å²) in [7, 11) is -3.63. The Labute approximate surface area is 111 Å². The Morgan fingerprint density at radius 3 is 2.61 bits per heavy atom. The van der Waals surface area contributed by atoms with E-state index in [1.165, 1.54) is 18.5 Å². The van der Waals surface area contributed by atoms with Crippen molar-refractivity contribution in [3.63, 3.8) is 0 Å². The average Bonchev–Trinajstić information content (AvgIpc) is 2.32. The molecule has 1 fully saturated rings. The molecule has 1 aromatic heterocycles. The molecular weight excluding hydrogens is 276 g/mol. The van der Waals surface area contributed by atoms with E-state index < -0.39 is 10.0 Å². The fraction of sp³-hybridized carbons (Fsp3) is 0.545. The van der Waals surface area contributed by atoms with E-state index in [0.717, 1.165) is 0 Å². The molecule has 1 aliphatic rings. The van der Waals surface area contributed by atoms with Crippen molar-refractivity contribution in [3.05, 3.63) is 23.5 Å². The lowest BCUT2D eigenvalue weighted by Crippen LogP contribution is -2.38. The monoisotopic (exact) mass is 290 g/mol. The minimum absolute atomic E-state index is 0.00205. The Morgan fingerprint density at radius 2 is 2.00 bits per heavy atom. The standard InChI is InChI=1S/C11H15ClN2O3S/c12-10-5-6-13-7-11(10)18(16,17)14-8-1-3-9(15)4-2-8/h5-9,14-15H,1-4H2. The van der Waals surface area contributed by atoms with Gasteiger partial charge in [-0.1, -0.05) is 11.6 Å². The third kappa shape index (κ3) is 3.20. The fourth-order valence-electron chi connectivity index (χ4n) is 2.04. The van der Waals surface area contributed by atoms with Gasteiger partial charge in [-0.25, -0.2) is 13.1 Å². The Balaban J connectivity index is 2.11. The zero-order chi connectivity index (χ0) is 13.2. The summed E-state index contributed by atoms with van der Waals surface area (Å²) in [6.07, 6.45) is 4.88. The molecule has 0 unspecified atom stereocenters. The van der Waals surface area contributed by atoms with Crippen LogP contribution in [0.25, 0.3) is 0 Å². The second-order valence-corrected chi connectivity index (χ2v) is 6.52. The van der Waals surface area contributed by atoms with Crippen molar-refractivity contribution < 1.29 is 13.5 Å². The summed E-state index contributed by atoms with van der Waals surface area (Å²) in [6.45, 7) is 0. The number of aliphatic hydroxyl groups is 1. The van der Waals surface area contributed by atoms with Crippen molar-refractivity contribution in [1.29, 1.82) is 0 Å². The lowest BCUT2D eigenvalue weighted by Gasteiger charge is -2.26. The molecule has 0 aliphatic heterocycles. The lowest BCUT2D eigenvalue weighted by molar-refractivity contribution is 0.120. The van der Waals surface area contributed by atoms with Gasteiger partial charge in [0, 0.05) is 18.4 Å². The summed E-state index contributed by atoms with van der Waals surface area (Å²) in [5, 5.41) is 9.54. The third-order valence-electron chi connectivity index (χ3n) is 3.04. The van der Waals surface area contributed by atoms with Gasteiger partial charge in [-0.2, -0.15) is 0 Å². The Morgan fingerprint density at radius 1 is 1.33 bits per heavy atom. The summed E-state index contributed by atoms with van der Waals surface area (Å²) in [4.78, 5) is 3.77. The van der Waals surface area contributed by atoms with Gasteiger partial charge in [0.1, 0.15) is 4.90 Å². The maximum atomic E-state index is 12.1. The molecule has 0 radical (unpaired) electrons. The molecule has 0 saturated heterocycles. The van der Waals surface area contributed by atoms with Crippen LogP contribution in [0.4, 0.5) is 0 Å². The van der Waals surface area contributed by atoms with E-state index in [9.17, 15) is 13.5 Å². The minimum Gasteiger partial charge on any atom is -0.393 e. The molecule has 2 N–H and O–H groups in total. The minimum atomic E-state index is -3.63. The number of hydrogen-bond acceptors (Lipinski definition) is 4. The lowest BCUT2D eigenvalue weighted by atomic mass is 9.94. The van der Waals surface area contributed by atoms with Crippen LogP contribution in [0.1, 0.15) is 25.7 Å². The first-order valence-electron chi connectivity index (χ1n) is 5.79. The van der Waals surface area contributed by atoms with Crippen LogP contribution in [0, 0.1) is 0 Å². The van der Waals surface area contributed by atoms with Gasteiger partial charge in [0.15, 0.2) is 0 Å². The van der Waals surface area contributed by atoms with Crippen molar-refractivity contribution in [3.8, 4) is 0 Å². The Bertz CT molecular complexity index is 513. The van der Waals surface area contributed by atoms with Crippen molar-refractivity contribution in [2.24, 2.45) is 0 Å². The fourth-order valence-corrected chi connectivity index (χ4v) is 3.77. The molecule has 0 atom stereocenters. The van der Waals surface area contributed by atoms with Crippen LogP contribution in [0.5, 0.6) is 0 Å². The number of pyridine rings is 1. The van der Waals surface area contributed by atoms with Gasteiger partial charge >= 0.3 is 0 Å². The first-order valence-corrected chi connectivity index (χ1v) is 7.65. The molecule has 1 aliphatic carbocycles. The molecule has 18 heavy (non-hydrogen) atoms. The van der Waals surface area contributed by atoms with Crippen molar-refractivity contribution in [2.75, 3.05) is 0 Å². The van der Waals surface area contributed by atoms with Crippen LogP contribution < -0.4 is 4.72 Å². The predicted molar refractivity (Wildman–Crippen MR) is 67.8 cm³/mol. The smallest absolute Gasteiger partial charge is 0.243 e. The molecule has 0 aromatic carbocycles. The maximum absolute atomic E-state index is 12.1. The van der Waals surface area contributed by atoms with Gasteiger partial charge in [-0.05, 0) is 31.7 Å². The maximum Gasteiger partial charge on any atom is 0.243 e. The van der Waals surface area contributed by atoms with E-state index in [2.05, 4.69) is 9.71 Å². The highest BCUT2D eigenvalue weighted by molar-refractivity contribution is 7.89. The van der Waals surface area contributed by atoms with E-state index in [1.807, 2.05) is 0 Å². The zero-order valence-corrected chi connectivity index (χ0v) is 11.3. The first-order chi connectivity index (χ1) is 8.49. The van der Waals surface area contributed by atoms with E-state index in [-0.39, 0.29) is 22.1 Å². The van der Waals surface area contributed by atoms with E-state index in [4.69, 9.17) is 11.6 Å². The number of nitrogens with one attached hydrogen (secondary N) is 1. The SMILES string of the molecule is O=S(=O)(NC1CCC(O)CC1)c1cnccc1Cl.